The van der Waals surface area contributed by atoms with E-state index in [1.165, 1.54) is 0 Å². The van der Waals surface area contributed by atoms with Crippen LogP contribution in [0, 0.1) is 0 Å². The third-order valence-corrected chi connectivity index (χ3v) is 3.10. The molecule has 0 aromatic carbocycles. The first kappa shape index (κ1) is 15.1. The standard InChI is InChI=1S/C14H20N6O/c1-11(2)20-10-18-19-13(20)5-6-17-14(21)4-3-12-9-15-7-8-16-12/h7-11H,3-6H2,1-2H3,(H,17,21). The molecule has 1 N–H and O–H groups in total. The number of amides is 1. The largest absolute Gasteiger partial charge is 0.356 e. The van der Waals surface area contributed by atoms with Gasteiger partial charge in [-0.3, -0.25) is 14.8 Å². The fourth-order valence-electron chi connectivity index (χ4n) is 1.98. The van der Waals surface area contributed by atoms with Crippen LogP contribution in [0.5, 0.6) is 0 Å². The Labute approximate surface area is 123 Å². The summed E-state index contributed by atoms with van der Waals surface area (Å²) in [7, 11) is 0. The second kappa shape index (κ2) is 7.47. The van der Waals surface area contributed by atoms with Gasteiger partial charge in [0, 0.05) is 44.0 Å². The molecule has 0 radical (unpaired) electrons. The van der Waals surface area contributed by atoms with Crippen molar-refractivity contribution < 1.29 is 4.79 Å². The molecule has 0 aliphatic heterocycles. The molecule has 0 spiro atoms. The van der Waals surface area contributed by atoms with Gasteiger partial charge in [-0.25, -0.2) is 0 Å². The molecule has 112 valence electrons. The van der Waals surface area contributed by atoms with E-state index in [1.54, 1.807) is 24.9 Å². The van der Waals surface area contributed by atoms with Crippen molar-refractivity contribution in [2.45, 2.75) is 39.2 Å². The van der Waals surface area contributed by atoms with Crippen LogP contribution < -0.4 is 5.32 Å². The van der Waals surface area contributed by atoms with Crippen molar-refractivity contribution in [3.8, 4) is 0 Å². The van der Waals surface area contributed by atoms with Crippen molar-refractivity contribution in [2.24, 2.45) is 0 Å². The van der Waals surface area contributed by atoms with Crippen LogP contribution in [-0.4, -0.2) is 37.2 Å². The van der Waals surface area contributed by atoms with Crippen LogP contribution >= 0.6 is 0 Å². The van der Waals surface area contributed by atoms with Crippen molar-refractivity contribution >= 4 is 5.91 Å². The molecule has 2 aromatic heterocycles. The van der Waals surface area contributed by atoms with E-state index in [2.05, 4.69) is 39.3 Å². The first-order valence-corrected chi connectivity index (χ1v) is 7.07. The van der Waals surface area contributed by atoms with E-state index in [-0.39, 0.29) is 5.91 Å². The minimum atomic E-state index is 0.0104. The summed E-state index contributed by atoms with van der Waals surface area (Å²) in [6, 6.07) is 0.322. The molecule has 0 aliphatic rings. The van der Waals surface area contributed by atoms with Crippen LogP contribution in [0.3, 0.4) is 0 Å². The predicted molar refractivity (Wildman–Crippen MR) is 77.5 cm³/mol. The lowest BCUT2D eigenvalue weighted by molar-refractivity contribution is -0.121. The highest BCUT2D eigenvalue weighted by molar-refractivity contribution is 5.76. The van der Waals surface area contributed by atoms with Crippen molar-refractivity contribution in [1.29, 1.82) is 0 Å². The molecule has 0 saturated carbocycles. The van der Waals surface area contributed by atoms with E-state index in [0.717, 1.165) is 11.5 Å². The Balaban J connectivity index is 1.71. The molecule has 0 saturated heterocycles. The number of hydrogen-bond acceptors (Lipinski definition) is 5. The average molecular weight is 288 g/mol. The number of hydrogen-bond donors (Lipinski definition) is 1. The maximum Gasteiger partial charge on any atom is 0.220 e. The van der Waals surface area contributed by atoms with Gasteiger partial charge < -0.3 is 9.88 Å². The van der Waals surface area contributed by atoms with Crippen molar-refractivity contribution in [3.63, 3.8) is 0 Å². The highest BCUT2D eigenvalue weighted by Crippen LogP contribution is 2.06. The Morgan fingerprint density at radius 2 is 2.19 bits per heavy atom. The molecule has 21 heavy (non-hydrogen) atoms. The summed E-state index contributed by atoms with van der Waals surface area (Å²) in [6.07, 6.45) is 8.33. The lowest BCUT2D eigenvalue weighted by atomic mass is 10.2. The average Bonchev–Trinajstić information content (AvgIpc) is 2.95. The topological polar surface area (TPSA) is 85.6 Å². The summed E-state index contributed by atoms with van der Waals surface area (Å²) in [5.74, 6) is 0.899. The van der Waals surface area contributed by atoms with Crippen LogP contribution in [0.4, 0.5) is 0 Å². The molecular weight excluding hydrogens is 268 g/mol. The summed E-state index contributed by atoms with van der Waals surface area (Å²) in [5, 5.41) is 10.9. The predicted octanol–water partition coefficient (Wildman–Crippen LogP) is 0.940. The highest BCUT2D eigenvalue weighted by atomic mass is 16.1. The first-order chi connectivity index (χ1) is 10.2. The third-order valence-electron chi connectivity index (χ3n) is 3.10. The quantitative estimate of drug-likeness (QED) is 0.819. The van der Waals surface area contributed by atoms with Gasteiger partial charge in [-0.1, -0.05) is 0 Å². The lowest BCUT2D eigenvalue weighted by Crippen LogP contribution is -2.26. The molecule has 7 heteroatoms. The molecule has 0 fully saturated rings. The molecular formula is C14H20N6O. The Morgan fingerprint density at radius 1 is 1.33 bits per heavy atom. The highest BCUT2D eigenvalue weighted by Gasteiger charge is 2.08. The van der Waals surface area contributed by atoms with E-state index < -0.39 is 0 Å². The number of nitrogens with one attached hydrogen (secondary N) is 1. The maximum atomic E-state index is 11.8. The Kier molecular flexibility index (Phi) is 5.36. The van der Waals surface area contributed by atoms with Crippen LogP contribution in [-0.2, 0) is 17.6 Å². The molecule has 0 unspecified atom stereocenters. The van der Waals surface area contributed by atoms with Crippen LogP contribution in [0.25, 0.3) is 0 Å². The number of carbonyl (C=O) groups is 1. The molecule has 0 bridgehead atoms. The van der Waals surface area contributed by atoms with E-state index in [0.29, 0.717) is 31.8 Å². The van der Waals surface area contributed by atoms with Gasteiger partial charge in [0.15, 0.2) is 0 Å². The third kappa shape index (κ3) is 4.62. The number of carbonyl (C=O) groups excluding carboxylic acids is 1. The van der Waals surface area contributed by atoms with Gasteiger partial charge in [-0.15, -0.1) is 10.2 Å². The summed E-state index contributed by atoms with van der Waals surface area (Å²) in [6.45, 7) is 4.71. The number of nitrogens with zero attached hydrogens (tertiary/aromatic N) is 5. The fraction of sp³-hybridized carbons (Fsp3) is 0.500. The maximum absolute atomic E-state index is 11.8. The second-order valence-electron chi connectivity index (χ2n) is 5.04. The Hall–Kier alpha value is -2.31. The van der Waals surface area contributed by atoms with Gasteiger partial charge in [0.25, 0.3) is 0 Å². The number of rotatable bonds is 7. The normalized spacial score (nSPS) is 10.8. The summed E-state index contributed by atoms with van der Waals surface area (Å²) in [5.41, 5.74) is 0.826. The van der Waals surface area contributed by atoms with Gasteiger partial charge in [0.1, 0.15) is 12.2 Å². The zero-order valence-electron chi connectivity index (χ0n) is 12.4. The first-order valence-electron chi connectivity index (χ1n) is 7.07. The molecule has 1 amide bonds. The second-order valence-corrected chi connectivity index (χ2v) is 5.04. The van der Waals surface area contributed by atoms with Crippen molar-refractivity contribution in [2.75, 3.05) is 6.54 Å². The Bertz CT molecular complexity index is 566. The molecule has 2 rings (SSSR count). The monoisotopic (exact) mass is 288 g/mol. The SMILES string of the molecule is CC(C)n1cnnc1CCNC(=O)CCc1cnccn1. The van der Waals surface area contributed by atoms with Gasteiger partial charge in [-0.05, 0) is 20.3 Å². The molecule has 0 atom stereocenters. The van der Waals surface area contributed by atoms with E-state index in [4.69, 9.17) is 0 Å². The fourth-order valence-corrected chi connectivity index (χ4v) is 1.98. The van der Waals surface area contributed by atoms with E-state index in [9.17, 15) is 4.79 Å². The number of aryl methyl sites for hydroxylation is 1. The molecule has 2 heterocycles. The van der Waals surface area contributed by atoms with Crippen LogP contribution in [0.2, 0.25) is 0 Å². The minimum absolute atomic E-state index is 0.0104. The van der Waals surface area contributed by atoms with Crippen LogP contribution in [0.15, 0.2) is 24.9 Å². The van der Waals surface area contributed by atoms with Crippen molar-refractivity contribution in [1.82, 2.24) is 30.0 Å². The van der Waals surface area contributed by atoms with Gasteiger partial charge in [0.05, 0.1) is 5.69 Å². The summed E-state index contributed by atoms with van der Waals surface area (Å²) >= 11 is 0. The summed E-state index contributed by atoms with van der Waals surface area (Å²) < 4.78 is 2.01. The zero-order chi connectivity index (χ0) is 15.1. The van der Waals surface area contributed by atoms with Gasteiger partial charge in [0.2, 0.25) is 5.91 Å². The molecule has 0 aliphatic carbocycles. The van der Waals surface area contributed by atoms with Gasteiger partial charge >= 0.3 is 0 Å². The molecule has 7 nitrogen and oxygen atoms in total. The number of aromatic nitrogens is 5. The lowest BCUT2D eigenvalue weighted by Gasteiger charge is -2.10. The van der Waals surface area contributed by atoms with E-state index in [1.807, 2.05) is 4.57 Å². The molecule has 2 aromatic rings. The van der Waals surface area contributed by atoms with E-state index >= 15 is 0 Å². The van der Waals surface area contributed by atoms with Crippen molar-refractivity contribution in [3.05, 3.63) is 36.4 Å². The minimum Gasteiger partial charge on any atom is -0.356 e. The zero-order valence-corrected chi connectivity index (χ0v) is 12.4. The smallest absolute Gasteiger partial charge is 0.220 e. The van der Waals surface area contributed by atoms with Crippen LogP contribution in [0.1, 0.15) is 37.8 Å². The van der Waals surface area contributed by atoms with Gasteiger partial charge in [-0.2, -0.15) is 0 Å². The Morgan fingerprint density at radius 3 is 2.90 bits per heavy atom. The summed E-state index contributed by atoms with van der Waals surface area (Å²) in [4.78, 5) is 19.9.